The number of carbonyl (C=O) groups excluding carboxylic acids is 3. The molecule has 2 aromatic rings. The highest BCUT2D eigenvalue weighted by molar-refractivity contribution is 5.94. The number of hydrogen-bond donors (Lipinski definition) is 1. The summed E-state index contributed by atoms with van der Waals surface area (Å²) in [6, 6.07) is 5.76. The first-order valence-corrected chi connectivity index (χ1v) is 12.6. The lowest BCUT2D eigenvalue weighted by Gasteiger charge is -2.27. The van der Waals surface area contributed by atoms with Crippen molar-refractivity contribution < 1.29 is 32.3 Å². The zero-order chi connectivity index (χ0) is 27.4. The number of ether oxygens (including phenoxy) is 1. The molecule has 1 fully saturated rings. The number of hydrogen-bond acceptors (Lipinski definition) is 5. The maximum Gasteiger partial charge on any atom is 0.417 e. The third kappa shape index (κ3) is 7.20. The molecule has 1 aromatic heterocycles. The van der Waals surface area contributed by atoms with E-state index in [9.17, 15) is 27.6 Å². The molecule has 1 aliphatic rings. The third-order valence-corrected chi connectivity index (χ3v) is 6.44. The van der Waals surface area contributed by atoms with Crippen LogP contribution < -0.4 is 5.32 Å². The molecular weight excluding hydrogens is 487 g/mol. The fourth-order valence-corrected chi connectivity index (χ4v) is 4.58. The number of halogens is 3. The number of esters is 1. The SMILES string of the molecule is CC(C(=O)OC(C)(C)C)[C@H](CCC=O)NC(=O)c1cc(-c2ccccc2C(F)(F)F)n(C2CCCC2)n1. The van der Waals surface area contributed by atoms with Crippen LogP contribution >= 0.6 is 0 Å². The smallest absolute Gasteiger partial charge is 0.417 e. The van der Waals surface area contributed by atoms with Gasteiger partial charge in [-0.25, -0.2) is 0 Å². The molecule has 1 heterocycles. The highest BCUT2D eigenvalue weighted by Gasteiger charge is 2.36. The molecule has 7 nitrogen and oxygen atoms in total. The van der Waals surface area contributed by atoms with Crippen molar-refractivity contribution in [1.82, 2.24) is 15.1 Å². The van der Waals surface area contributed by atoms with Crippen LogP contribution in [0.25, 0.3) is 11.3 Å². The van der Waals surface area contributed by atoms with Crippen LogP contribution in [0, 0.1) is 5.92 Å². The highest BCUT2D eigenvalue weighted by atomic mass is 19.4. The van der Waals surface area contributed by atoms with Crippen LogP contribution in [-0.2, 0) is 20.5 Å². The summed E-state index contributed by atoms with van der Waals surface area (Å²) in [6.45, 7) is 6.79. The number of aldehydes is 1. The van der Waals surface area contributed by atoms with Crippen LogP contribution in [0.2, 0.25) is 0 Å². The monoisotopic (exact) mass is 521 g/mol. The number of rotatable bonds is 9. The first-order chi connectivity index (χ1) is 17.3. The molecule has 0 bridgehead atoms. The molecule has 3 rings (SSSR count). The Morgan fingerprint density at radius 1 is 1.19 bits per heavy atom. The van der Waals surface area contributed by atoms with Gasteiger partial charge in [-0.15, -0.1) is 0 Å². The van der Waals surface area contributed by atoms with E-state index in [0.29, 0.717) is 6.29 Å². The van der Waals surface area contributed by atoms with Gasteiger partial charge in [-0.1, -0.05) is 31.0 Å². The quantitative estimate of drug-likeness (QED) is 0.336. The number of carbonyl (C=O) groups is 3. The van der Waals surface area contributed by atoms with Crippen LogP contribution in [0.5, 0.6) is 0 Å². The summed E-state index contributed by atoms with van der Waals surface area (Å²) in [5.41, 5.74) is -1.41. The topological polar surface area (TPSA) is 90.3 Å². The van der Waals surface area contributed by atoms with Crippen LogP contribution in [0.1, 0.15) is 88.3 Å². The van der Waals surface area contributed by atoms with Gasteiger partial charge in [0.1, 0.15) is 11.9 Å². The Labute approximate surface area is 214 Å². The van der Waals surface area contributed by atoms with Crippen molar-refractivity contribution in [2.45, 2.75) is 90.1 Å². The average Bonchev–Trinajstić information content (AvgIpc) is 3.49. The summed E-state index contributed by atoms with van der Waals surface area (Å²) < 4.78 is 48.4. The molecule has 1 N–H and O–H groups in total. The van der Waals surface area contributed by atoms with Crippen molar-refractivity contribution in [3.63, 3.8) is 0 Å². The second-order valence-electron chi connectivity index (χ2n) is 10.5. The molecule has 10 heteroatoms. The van der Waals surface area contributed by atoms with Crippen molar-refractivity contribution in [2.75, 3.05) is 0 Å². The lowest BCUT2D eigenvalue weighted by atomic mass is 9.97. The molecule has 1 saturated carbocycles. The maximum atomic E-state index is 13.8. The summed E-state index contributed by atoms with van der Waals surface area (Å²) in [6.07, 6.45) is -0.222. The van der Waals surface area contributed by atoms with Gasteiger partial charge in [0.05, 0.1) is 23.2 Å². The number of amides is 1. The first-order valence-electron chi connectivity index (χ1n) is 12.6. The minimum absolute atomic E-state index is 0.0481. The molecule has 37 heavy (non-hydrogen) atoms. The largest absolute Gasteiger partial charge is 0.460 e. The molecule has 0 saturated heterocycles. The van der Waals surface area contributed by atoms with Gasteiger partial charge < -0.3 is 14.8 Å². The van der Waals surface area contributed by atoms with E-state index >= 15 is 0 Å². The van der Waals surface area contributed by atoms with E-state index in [1.807, 2.05) is 0 Å². The zero-order valence-corrected chi connectivity index (χ0v) is 21.6. The molecule has 1 aliphatic carbocycles. The van der Waals surface area contributed by atoms with Crippen molar-refractivity contribution in [3.05, 3.63) is 41.6 Å². The Morgan fingerprint density at radius 2 is 1.84 bits per heavy atom. The number of nitrogens with zero attached hydrogens (tertiary/aromatic N) is 2. The van der Waals surface area contributed by atoms with E-state index in [-0.39, 0.29) is 35.8 Å². The van der Waals surface area contributed by atoms with Crippen LogP contribution in [-0.4, -0.2) is 39.6 Å². The van der Waals surface area contributed by atoms with Gasteiger partial charge in [0.2, 0.25) is 0 Å². The predicted octanol–water partition coefficient (Wildman–Crippen LogP) is 5.74. The standard InChI is InChI=1S/C27H34F3N3O4/c1-17(25(36)37-26(2,3)4)21(14-9-15-34)31-24(35)22-16-23(33(32-22)18-10-5-6-11-18)19-12-7-8-13-20(19)27(28,29)30/h7-8,12-13,15-18,21H,5-6,9-11,14H2,1-4H3,(H,31,35)/t17?,21-/m0/s1. The van der Waals surface area contributed by atoms with Crippen molar-refractivity contribution in [2.24, 2.45) is 5.92 Å². The Morgan fingerprint density at radius 3 is 2.43 bits per heavy atom. The summed E-state index contributed by atoms with van der Waals surface area (Å²) in [4.78, 5) is 36.9. The second-order valence-corrected chi connectivity index (χ2v) is 10.5. The number of nitrogens with one attached hydrogen (secondary N) is 1. The minimum Gasteiger partial charge on any atom is -0.460 e. The van der Waals surface area contributed by atoms with E-state index < -0.39 is 41.2 Å². The number of alkyl halides is 3. The van der Waals surface area contributed by atoms with Crippen molar-refractivity contribution >= 4 is 18.2 Å². The maximum absolute atomic E-state index is 13.8. The fourth-order valence-electron chi connectivity index (χ4n) is 4.58. The molecule has 1 unspecified atom stereocenters. The number of benzene rings is 1. The van der Waals surface area contributed by atoms with E-state index in [0.717, 1.165) is 31.7 Å². The lowest BCUT2D eigenvalue weighted by Crippen LogP contribution is -2.44. The van der Waals surface area contributed by atoms with E-state index in [4.69, 9.17) is 4.74 Å². The summed E-state index contributed by atoms with van der Waals surface area (Å²) in [5, 5.41) is 7.21. The van der Waals surface area contributed by atoms with Crippen molar-refractivity contribution in [1.29, 1.82) is 0 Å². The normalized spacial score (nSPS) is 16.3. The molecule has 1 amide bonds. The van der Waals surface area contributed by atoms with Crippen LogP contribution in [0.15, 0.2) is 30.3 Å². The van der Waals surface area contributed by atoms with Crippen LogP contribution in [0.3, 0.4) is 0 Å². The Kier molecular flexibility index (Phi) is 8.81. The molecule has 1 aromatic carbocycles. The third-order valence-electron chi connectivity index (χ3n) is 6.44. The summed E-state index contributed by atoms with van der Waals surface area (Å²) in [7, 11) is 0. The molecule has 202 valence electrons. The Hall–Kier alpha value is -3.17. The highest BCUT2D eigenvalue weighted by Crippen LogP contribution is 2.40. The molecule has 2 atom stereocenters. The van der Waals surface area contributed by atoms with Gasteiger partial charge >= 0.3 is 12.1 Å². The minimum atomic E-state index is -4.58. The summed E-state index contributed by atoms with van der Waals surface area (Å²) in [5.74, 6) is -1.92. The molecule has 0 aliphatic heterocycles. The fraction of sp³-hybridized carbons (Fsp3) is 0.556. The lowest BCUT2D eigenvalue weighted by molar-refractivity contribution is -0.160. The Balaban J connectivity index is 1.96. The van der Waals surface area contributed by atoms with Gasteiger partial charge in [-0.05, 0) is 59.1 Å². The first kappa shape index (κ1) is 28.4. The van der Waals surface area contributed by atoms with Gasteiger partial charge in [-0.2, -0.15) is 18.3 Å². The van der Waals surface area contributed by atoms with E-state index in [2.05, 4.69) is 10.4 Å². The van der Waals surface area contributed by atoms with E-state index in [1.54, 1.807) is 27.7 Å². The van der Waals surface area contributed by atoms with Crippen LogP contribution in [0.4, 0.5) is 13.2 Å². The molecular formula is C27H34F3N3O4. The Bertz CT molecular complexity index is 1110. The van der Waals surface area contributed by atoms with Crippen molar-refractivity contribution in [3.8, 4) is 11.3 Å². The van der Waals surface area contributed by atoms with Gasteiger partial charge in [0.15, 0.2) is 5.69 Å². The number of aromatic nitrogens is 2. The second kappa shape index (κ2) is 11.5. The van der Waals surface area contributed by atoms with Gasteiger partial charge in [-0.3, -0.25) is 14.3 Å². The molecule has 0 radical (unpaired) electrons. The van der Waals surface area contributed by atoms with E-state index in [1.165, 1.54) is 28.9 Å². The zero-order valence-electron chi connectivity index (χ0n) is 21.6. The summed E-state index contributed by atoms with van der Waals surface area (Å²) >= 11 is 0. The van der Waals surface area contributed by atoms with Gasteiger partial charge in [0, 0.05) is 18.0 Å². The van der Waals surface area contributed by atoms with Gasteiger partial charge in [0.25, 0.3) is 5.91 Å². The molecule has 0 spiro atoms. The predicted molar refractivity (Wildman–Crippen MR) is 132 cm³/mol. The average molecular weight is 522 g/mol.